The Morgan fingerprint density at radius 3 is 2.76 bits per heavy atom. The summed E-state index contributed by atoms with van der Waals surface area (Å²) in [6, 6.07) is 7.70. The van der Waals surface area contributed by atoms with Crippen LogP contribution in [0.2, 0.25) is 0 Å². The molecule has 1 unspecified atom stereocenters. The Morgan fingerprint density at radius 2 is 2.12 bits per heavy atom. The highest BCUT2D eigenvalue weighted by molar-refractivity contribution is 9.10. The number of nitrogens with two attached hydrogens (primary N) is 1. The minimum Gasteiger partial charge on any atom is -0.358 e. The van der Waals surface area contributed by atoms with E-state index in [1.54, 1.807) is 0 Å². The summed E-state index contributed by atoms with van der Waals surface area (Å²) in [7, 11) is 0. The molecule has 0 aromatic heterocycles. The molecule has 1 fully saturated rings. The van der Waals surface area contributed by atoms with Crippen LogP contribution in [0.15, 0.2) is 28.7 Å². The summed E-state index contributed by atoms with van der Waals surface area (Å²) < 4.78 is 1.03. The fourth-order valence-corrected chi connectivity index (χ4v) is 2.32. The molecular weight excluding hydrogens is 282 g/mol. The fourth-order valence-electron chi connectivity index (χ4n) is 2.05. The highest BCUT2D eigenvalue weighted by atomic mass is 79.9. The van der Waals surface area contributed by atoms with Crippen molar-refractivity contribution in [3.05, 3.63) is 28.7 Å². The van der Waals surface area contributed by atoms with E-state index in [2.05, 4.69) is 26.1 Å². The molecule has 0 radical (unpaired) electrons. The van der Waals surface area contributed by atoms with E-state index in [-0.39, 0.29) is 11.9 Å². The van der Waals surface area contributed by atoms with Gasteiger partial charge in [-0.1, -0.05) is 15.9 Å². The van der Waals surface area contributed by atoms with E-state index in [0.29, 0.717) is 6.54 Å². The molecule has 0 bridgehead atoms. The third-order valence-corrected chi connectivity index (χ3v) is 3.46. The first kappa shape index (κ1) is 12.4. The van der Waals surface area contributed by atoms with E-state index in [9.17, 15) is 4.79 Å². The topological polar surface area (TPSA) is 58.4 Å². The number of halogens is 1. The summed E-state index contributed by atoms with van der Waals surface area (Å²) in [5.41, 5.74) is 6.75. The molecule has 1 aromatic carbocycles. The molecule has 1 heterocycles. The van der Waals surface area contributed by atoms with Crippen molar-refractivity contribution in [2.75, 3.05) is 24.5 Å². The number of anilines is 1. The SMILES string of the molecule is NCC1C(=O)NCCCN1c1ccc(Br)cc1. The summed E-state index contributed by atoms with van der Waals surface area (Å²) in [5.74, 6) is 0.0212. The predicted octanol–water partition coefficient (Wildman–Crippen LogP) is 1.10. The van der Waals surface area contributed by atoms with Gasteiger partial charge in [0.15, 0.2) is 0 Å². The average molecular weight is 298 g/mol. The van der Waals surface area contributed by atoms with Crippen molar-refractivity contribution < 1.29 is 4.79 Å². The van der Waals surface area contributed by atoms with Gasteiger partial charge in [0.25, 0.3) is 0 Å². The van der Waals surface area contributed by atoms with Gasteiger partial charge in [-0.05, 0) is 30.7 Å². The number of nitrogens with one attached hydrogen (secondary N) is 1. The monoisotopic (exact) mass is 297 g/mol. The lowest BCUT2D eigenvalue weighted by molar-refractivity contribution is -0.121. The molecule has 1 amide bonds. The lowest BCUT2D eigenvalue weighted by atomic mass is 10.2. The van der Waals surface area contributed by atoms with Crippen molar-refractivity contribution in [1.82, 2.24) is 5.32 Å². The van der Waals surface area contributed by atoms with Crippen LogP contribution < -0.4 is 16.0 Å². The van der Waals surface area contributed by atoms with E-state index in [4.69, 9.17) is 5.73 Å². The smallest absolute Gasteiger partial charge is 0.244 e. The van der Waals surface area contributed by atoms with Crippen LogP contribution in [0.4, 0.5) is 5.69 Å². The Balaban J connectivity index is 2.26. The summed E-state index contributed by atoms with van der Waals surface area (Å²) in [6.07, 6.45) is 0.943. The predicted molar refractivity (Wildman–Crippen MR) is 72.0 cm³/mol. The van der Waals surface area contributed by atoms with Crippen molar-refractivity contribution >= 4 is 27.5 Å². The first-order chi connectivity index (χ1) is 8.22. The van der Waals surface area contributed by atoms with Crippen molar-refractivity contribution in [1.29, 1.82) is 0 Å². The molecule has 1 atom stereocenters. The number of carbonyl (C=O) groups is 1. The standard InChI is InChI=1S/C12H16BrN3O/c13-9-2-4-10(5-3-9)16-7-1-6-15-12(17)11(16)8-14/h2-5,11H,1,6-8,14H2,(H,15,17). The maximum atomic E-state index is 11.9. The third kappa shape index (κ3) is 2.79. The summed E-state index contributed by atoms with van der Waals surface area (Å²) in [6.45, 7) is 1.91. The Morgan fingerprint density at radius 1 is 1.41 bits per heavy atom. The Bertz CT molecular complexity index is 393. The highest BCUT2D eigenvalue weighted by Crippen LogP contribution is 2.21. The molecule has 1 aliphatic rings. The van der Waals surface area contributed by atoms with Gasteiger partial charge in [0.2, 0.25) is 5.91 Å². The molecule has 2 rings (SSSR count). The molecule has 1 saturated heterocycles. The van der Waals surface area contributed by atoms with E-state index in [1.807, 2.05) is 24.3 Å². The summed E-state index contributed by atoms with van der Waals surface area (Å²) in [4.78, 5) is 13.9. The number of hydrogen-bond acceptors (Lipinski definition) is 3. The zero-order valence-electron chi connectivity index (χ0n) is 9.53. The van der Waals surface area contributed by atoms with Gasteiger partial charge in [-0.25, -0.2) is 0 Å². The van der Waals surface area contributed by atoms with Gasteiger partial charge < -0.3 is 16.0 Å². The van der Waals surface area contributed by atoms with Gasteiger partial charge in [-0.15, -0.1) is 0 Å². The number of rotatable bonds is 2. The van der Waals surface area contributed by atoms with Gasteiger partial charge in [0.1, 0.15) is 6.04 Å². The van der Waals surface area contributed by atoms with Crippen molar-refractivity contribution in [3.8, 4) is 0 Å². The molecule has 0 saturated carbocycles. The van der Waals surface area contributed by atoms with Crippen LogP contribution in [0.3, 0.4) is 0 Å². The molecule has 0 aliphatic carbocycles. The van der Waals surface area contributed by atoms with Gasteiger partial charge in [-0.3, -0.25) is 4.79 Å². The second-order valence-electron chi connectivity index (χ2n) is 4.07. The number of amides is 1. The Hall–Kier alpha value is -1.07. The highest BCUT2D eigenvalue weighted by Gasteiger charge is 2.26. The Kier molecular flexibility index (Phi) is 4.02. The van der Waals surface area contributed by atoms with E-state index in [1.165, 1.54) is 0 Å². The largest absolute Gasteiger partial charge is 0.358 e. The average Bonchev–Trinajstić information content (AvgIpc) is 2.52. The quantitative estimate of drug-likeness (QED) is 0.860. The van der Waals surface area contributed by atoms with Crippen LogP contribution in [0, 0.1) is 0 Å². The minimum absolute atomic E-state index is 0.0212. The maximum absolute atomic E-state index is 11.9. The molecule has 17 heavy (non-hydrogen) atoms. The second kappa shape index (κ2) is 5.51. The molecule has 1 aromatic rings. The van der Waals surface area contributed by atoms with Crippen LogP contribution in [0.25, 0.3) is 0 Å². The van der Waals surface area contributed by atoms with Crippen LogP contribution in [0.5, 0.6) is 0 Å². The second-order valence-corrected chi connectivity index (χ2v) is 4.98. The van der Waals surface area contributed by atoms with Crippen LogP contribution in [-0.2, 0) is 4.79 Å². The number of carbonyl (C=O) groups excluding carboxylic acids is 1. The van der Waals surface area contributed by atoms with Crippen molar-refractivity contribution in [2.45, 2.75) is 12.5 Å². The van der Waals surface area contributed by atoms with Crippen molar-refractivity contribution in [2.24, 2.45) is 5.73 Å². The minimum atomic E-state index is -0.265. The summed E-state index contributed by atoms with van der Waals surface area (Å²) in [5, 5.41) is 2.89. The van der Waals surface area contributed by atoms with Gasteiger partial charge in [0.05, 0.1) is 0 Å². The van der Waals surface area contributed by atoms with Crippen molar-refractivity contribution in [3.63, 3.8) is 0 Å². The van der Waals surface area contributed by atoms with Crippen LogP contribution in [0.1, 0.15) is 6.42 Å². The fraction of sp³-hybridized carbons (Fsp3) is 0.417. The molecule has 4 nitrogen and oxygen atoms in total. The normalized spacial score (nSPS) is 20.9. The van der Waals surface area contributed by atoms with E-state index < -0.39 is 0 Å². The molecule has 3 N–H and O–H groups in total. The molecule has 1 aliphatic heterocycles. The third-order valence-electron chi connectivity index (χ3n) is 2.94. The molecule has 0 spiro atoms. The van der Waals surface area contributed by atoms with Gasteiger partial charge in [-0.2, -0.15) is 0 Å². The summed E-state index contributed by atoms with van der Waals surface area (Å²) >= 11 is 3.41. The zero-order valence-corrected chi connectivity index (χ0v) is 11.1. The molecule has 92 valence electrons. The Labute approximate surface area is 109 Å². The van der Waals surface area contributed by atoms with Gasteiger partial charge in [0, 0.05) is 29.8 Å². The van der Waals surface area contributed by atoms with Crippen LogP contribution >= 0.6 is 15.9 Å². The van der Waals surface area contributed by atoms with E-state index >= 15 is 0 Å². The molecule has 5 heteroatoms. The number of nitrogens with zero attached hydrogens (tertiary/aromatic N) is 1. The first-order valence-corrected chi connectivity index (χ1v) is 6.51. The number of hydrogen-bond donors (Lipinski definition) is 2. The first-order valence-electron chi connectivity index (χ1n) is 5.72. The lowest BCUT2D eigenvalue weighted by Crippen LogP contribution is -2.49. The zero-order chi connectivity index (χ0) is 12.3. The van der Waals surface area contributed by atoms with Gasteiger partial charge >= 0.3 is 0 Å². The van der Waals surface area contributed by atoms with E-state index in [0.717, 1.165) is 29.7 Å². The van der Waals surface area contributed by atoms with Crippen LogP contribution in [-0.4, -0.2) is 31.6 Å². The number of benzene rings is 1. The molecular formula is C12H16BrN3O. The lowest BCUT2D eigenvalue weighted by Gasteiger charge is -2.29. The maximum Gasteiger partial charge on any atom is 0.244 e.